The van der Waals surface area contributed by atoms with Crippen LogP contribution in [0.3, 0.4) is 0 Å². The Morgan fingerprint density at radius 3 is 2.59 bits per heavy atom. The van der Waals surface area contributed by atoms with Crippen molar-refractivity contribution in [2.75, 3.05) is 0 Å². The molecule has 0 saturated heterocycles. The third-order valence-electron chi connectivity index (χ3n) is 3.94. The van der Waals surface area contributed by atoms with Gasteiger partial charge in [0.1, 0.15) is 22.8 Å². The molecule has 2 heterocycles. The van der Waals surface area contributed by atoms with Crippen LogP contribution in [0.4, 0.5) is 0 Å². The van der Waals surface area contributed by atoms with E-state index >= 15 is 0 Å². The first-order chi connectivity index (χ1) is 12.9. The van der Waals surface area contributed by atoms with E-state index < -0.39 is 15.7 Å². The molecule has 0 aliphatic rings. The molecular formula is C19H13NO6S. The fraction of sp³-hybridized carbons (Fsp3) is 0.0526. The number of phenolic OH excluding ortho intramolecular Hbond substituents is 1. The van der Waals surface area contributed by atoms with E-state index in [4.69, 9.17) is 8.60 Å². The molecule has 4 rings (SSSR count). The molecule has 2 aromatic heterocycles. The maximum absolute atomic E-state index is 12.2. The highest BCUT2D eigenvalue weighted by atomic mass is 32.2. The molecule has 2 aromatic carbocycles. The van der Waals surface area contributed by atoms with Gasteiger partial charge in [-0.15, -0.1) is 0 Å². The number of hydrogen-bond acceptors (Lipinski definition) is 7. The van der Waals surface area contributed by atoms with E-state index in [0.29, 0.717) is 16.5 Å². The van der Waals surface area contributed by atoms with Crippen LogP contribution < -0.4 is 9.81 Å². The highest BCUT2D eigenvalue weighted by Crippen LogP contribution is 2.28. The molecule has 136 valence electrons. The normalized spacial score (nSPS) is 11.7. The molecule has 0 amide bonds. The van der Waals surface area contributed by atoms with Crippen LogP contribution in [0.2, 0.25) is 0 Å². The smallest absolute Gasteiger partial charge is 0.344 e. The van der Waals surface area contributed by atoms with Gasteiger partial charge in [0.25, 0.3) is 0 Å². The predicted octanol–water partition coefficient (Wildman–Crippen LogP) is 2.96. The van der Waals surface area contributed by atoms with Gasteiger partial charge >= 0.3 is 15.7 Å². The second kappa shape index (κ2) is 6.40. The van der Waals surface area contributed by atoms with Crippen molar-refractivity contribution in [2.45, 2.75) is 5.75 Å². The van der Waals surface area contributed by atoms with Crippen molar-refractivity contribution in [3.63, 3.8) is 0 Å². The standard InChI is InChI=1S/C19H13NO6S/c21-13-4-6-15-16-7-5-14(10-18(16)25-19(22)17(15)9-13)26-27(23,24)11-12-3-1-2-8-20-12/h1-10,21H,11H2. The Bertz CT molecular complexity index is 1310. The zero-order chi connectivity index (χ0) is 19.0. The van der Waals surface area contributed by atoms with Gasteiger partial charge in [0.15, 0.2) is 0 Å². The minimum absolute atomic E-state index is 0.0275. The SMILES string of the molecule is O=c1oc2cc(OS(=O)(=O)Cc3ccccn3)ccc2c2ccc(O)cc12. The molecule has 0 fully saturated rings. The molecule has 4 aromatic rings. The first kappa shape index (κ1) is 17.0. The Morgan fingerprint density at radius 1 is 1.00 bits per heavy atom. The Kier molecular flexibility index (Phi) is 4.04. The van der Waals surface area contributed by atoms with Gasteiger partial charge in [0, 0.05) is 23.0 Å². The minimum Gasteiger partial charge on any atom is -0.508 e. The number of hydrogen-bond donors (Lipinski definition) is 1. The number of pyridine rings is 1. The van der Waals surface area contributed by atoms with Gasteiger partial charge < -0.3 is 13.7 Å². The predicted molar refractivity (Wildman–Crippen MR) is 99.1 cm³/mol. The zero-order valence-electron chi connectivity index (χ0n) is 13.8. The van der Waals surface area contributed by atoms with Crippen molar-refractivity contribution in [2.24, 2.45) is 0 Å². The van der Waals surface area contributed by atoms with Crippen LogP contribution in [0.1, 0.15) is 5.69 Å². The van der Waals surface area contributed by atoms with Crippen LogP contribution in [-0.4, -0.2) is 18.5 Å². The molecule has 0 saturated carbocycles. The number of fused-ring (bicyclic) bond motifs is 3. The van der Waals surface area contributed by atoms with E-state index in [1.807, 2.05) is 0 Å². The number of rotatable bonds is 4. The Morgan fingerprint density at radius 2 is 1.81 bits per heavy atom. The van der Waals surface area contributed by atoms with Crippen LogP contribution in [0, 0.1) is 0 Å². The van der Waals surface area contributed by atoms with Gasteiger partial charge in [0.2, 0.25) is 0 Å². The monoisotopic (exact) mass is 383 g/mol. The average molecular weight is 383 g/mol. The maximum Gasteiger partial charge on any atom is 0.344 e. The van der Waals surface area contributed by atoms with Crippen LogP contribution >= 0.6 is 0 Å². The molecule has 0 atom stereocenters. The van der Waals surface area contributed by atoms with E-state index in [0.717, 1.165) is 0 Å². The summed E-state index contributed by atoms with van der Waals surface area (Å²) < 4.78 is 34.8. The Balaban J connectivity index is 1.72. The van der Waals surface area contributed by atoms with Crippen molar-refractivity contribution < 1.29 is 22.1 Å². The number of benzene rings is 2. The van der Waals surface area contributed by atoms with Gasteiger partial charge in [-0.1, -0.05) is 6.07 Å². The summed E-state index contributed by atoms with van der Waals surface area (Å²) in [5.74, 6) is -0.401. The lowest BCUT2D eigenvalue weighted by Crippen LogP contribution is -2.13. The first-order valence-corrected chi connectivity index (χ1v) is 9.51. The highest BCUT2D eigenvalue weighted by Gasteiger charge is 2.16. The van der Waals surface area contributed by atoms with E-state index in [-0.39, 0.29) is 28.2 Å². The molecule has 0 aliphatic heterocycles. The number of phenols is 1. The minimum atomic E-state index is -3.93. The van der Waals surface area contributed by atoms with Crippen molar-refractivity contribution in [1.82, 2.24) is 4.98 Å². The summed E-state index contributed by atoms with van der Waals surface area (Å²) >= 11 is 0. The van der Waals surface area contributed by atoms with Crippen LogP contribution in [0.5, 0.6) is 11.5 Å². The summed E-state index contributed by atoms with van der Waals surface area (Å²) in [4.78, 5) is 16.1. The molecule has 7 nitrogen and oxygen atoms in total. The van der Waals surface area contributed by atoms with Gasteiger partial charge in [-0.3, -0.25) is 4.98 Å². The average Bonchev–Trinajstić information content (AvgIpc) is 2.62. The summed E-state index contributed by atoms with van der Waals surface area (Å²) in [5.41, 5.74) is -0.0961. The summed E-state index contributed by atoms with van der Waals surface area (Å²) in [6.07, 6.45) is 1.50. The van der Waals surface area contributed by atoms with Gasteiger partial charge in [0.05, 0.1) is 11.1 Å². The number of nitrogens with zero attached hydrogens (tertiary/aromatic N) is 1. The number of aromatic hydroxyl groups is 1. The second-order valence-corrected chi connectivity index (χ2v) is 7.45. The van der Waals surface area contributed by atoms with E-state index in [1.54, 1.807) is 30.3 Å². The summed E-state index contributed by atoms with van der Waals surface area (Å²) in [6.45, 7) is 0. The highest BCUT2D eigenvalue weighted by molar-refractivity contribution is 7.86. The van der Waals surface area contributed by atoms with Crippen molar-refractivity contribution >= 4 is 31.9 Å². The van der Waals surface area contributed by atoms with E-state index in [1.165, 1.54) is 30.5 Å². The van der Waals surface area contributed by atoms with Crippen LogP contribution in [0.25, 0.3) is 21.7 Å². The van der Waals surface area contributed by atoms with Crippen LogP contribution in [-0.2, 0) is 15.9 Å². The topological polar surface area (TPSA) is 107 Å². The van der Waals surface area contributed by atoms with Gasteiger partial charge in [-0.25, -0.2) is 4.79 Å². The Labute approximate surface area is 153 Å². The molecule has 27 heavy (non-hydrogen) atoms. The molecule has 8 heteroatoms. The summed E-state index contributed by atoms with van der Waals surface area (Å²) in [6, 6.07) is 13.8. The third-order valence-corrected chi connectivity index (χ3v) is 5.04. The number of aromatic nitrogens is 1. The fourth-order valence-corrected chi connectivity index (χ4v) is 3.78. The van der Waals surface area contributed by atoms with Gasteiger partial charge in [-0.05, 0) is 42.5 Å². The summed E-state index contributed by atoms with van der Waals surface area (Å²) in [7, 11) is -3.93. The van der Waals surface area contributed by atoms with Crippen molar-refractivity contribution in [1.29, 1.82) is 0 Å². The molecule has 1 N–H and O–H groups in total. The summed E-state index contributed by atoms with van der Waals surface area (Å²) in [5, 5.41) is 11.0. The fourth-order valence-electron chi connectivity index (χ4n) is 2.79. The zero-order valence-corrected chi connectivity index (χ0v) is 14.6. The lowest BCUT2D eigenvalue weighted by Gasteiger charge is -2.08. The molecule has 0 bridgehead atoms. The lowest BCUT2D eigenvalue weighted by molar-refractivity contribution is 0.475. The molecule has 0 aliphatic carbocycles. The van der Waals surface area contributed by atoms with Crippen molar-refractivity contribution in [3.8, 4) is 11.5 Å². The van der Waals surface area contributed by atoms with Crippen LogP contribution in [0.15, 0.2) is 70.0 Å². The molecule has 0 radical (unpaired) electrons. The second-order valence-electron chi connectivity index (χ2n) is 5.88. The van der Waals surface area contributed by atoms with Gasteiger partial charge in [-0.2, -0.15) is 8.42 Å². The molecular weight excluding hydrogens is 370 g/mol. The maximum atomic E-state index is 12.2. The van der Waals surface area contributed by atoms with Crippen molar-refractivity contribution in [3.05, 3.63) is 76.9 Å². The Hall–Kier alpha value is -3.39. The largest absolute Gasteiger partial charge is 0.508 e. The molecule has 0 spiro atoms. The molecule has 0 unspecified atom stereocenters. The lowest BCUT2D eigenvalue weighted by atomic mass is 10.1. The third kappa shape index (κ3) is 3.47. The first-order valence-electron chi connectivity index (χ1n) is 7.93. The van der Waals surface area contributed by atoms with E-state index in [2.05, 4.69) is 4.98 Å². The van der Waals surface area contributed by atoms with E-state index in [9.17, 15) is 18.3 Å². The quantitative estimate of drug-likeness (QED) is 0.328.